The number of nitrogens with one attached hydrogen (secondary N) is 2. The number of hydrogen-bond donors (Lipinski definition) is 4. The van der Waals surface area contributed by atoms with E-state index in [1.54, 1.807) is 29.6 Å². The number of amides is 2. The third-order valence-electron chi connectivity index (χ3n) is 2.73. The van der Waals surface area contributed by atoms with Crippen LogP contribution in [-0.2, 0) is 6.42 Å². The second-order valence-electron chi connectivity index (χ2n) is 4.22. The van der Waals surface area contributed by atoms with Gasteiger partial charge in [-0.1, -0.05) is 12.1 Å². The minimum atomic E-state index is -1.08. The van der Waals surface area contributed by atoms with Gasteiger partial charge in [-0.2, -0.15) is 0 Å². The number of carboxylic acids is 1. The van der Waals surface area contributed by atoms with Crippen molar-refractivity contribution >= 4 is 34.0 Å². The van der Waals surface area contributed by atoms with Crippen LogP contribution < -0.4 is 10.6 Å². The molecule has 1 aromatic carbocycles. The van der Waals surface area contributed by atoms with Crippen LogP contribution in [-0.4, -0.2) is 28.8 Å². The van der Waals surface area contributed by atoms with Crippen LogP contribution in [0.15, 0.2) is 35.7 Å². The van der Waals surface area contributed by atoms with Gasteiger partial charge in [0.2, 0.25) is 0 Å². The number of carboxylic acid groups (broad SMARTS) is 1. The van der Waals surface area contributed by atoms with Crippen LogP contribution in [0, 0.1) is 0 Å². The van der Waals surface area contributed by atoms with Gasteiger partial charge in [0.25, 0.3) is 0 Å². The molecular weight excluding hydrogens is 292 g/mol. The standard InChI is InChI=1S/C14H14N2O4S/c17-7-5-9-1-3-10(4-2-9)15-14(20)16-12-11(13(18)19)6-8-21-12/h1-4,6,8,17H,5,7H2,(H,18,19)(H2,15,16,20). The molecule has 0 saturated carbocycles. The Kier molecular flexibility index (Phi) is 4.91. The fraction of sp³-hybridized carbons (Fsp3) is 0.143. The van der Waals surface area contributed by atoms with Crippen molar-refractivity contribution in [1.82, 2.24) is 0 Å². The molecule has 4 N–H and O–H groups in total. The Morgan fingerprint density at radius 2 is 1.81 bits per heavy atom. The Morgan fingerprint density at radius 3 is 2.43 bits per heavy atom. The number of anilines is 2. The Hall–Kier alpha value is -2.38. The number of rotatable bonds is 5. The Bertz CT molecular complexity index is 637. The summed E-state index contributed by atoms with van der Waals surface area (Å²) < 4.78 is 0. The van der Waals surface area contributed by atoms with Crippen molar-refractivity contribution in [1.29, 1.82) is 0 Å². The van der Waals surface area contributed by atoms with Crippen LogP contribution in [0.2, 0.25) is 0 Å². The summed E-state index contributed by atoms with van der Waals surface area (Å²) in [7, 11) is 0. The third-order valence-corrected chi connectivity index (χ3v) is 3.56. The molecule has 0 radical (unpaired) electrons. The zero-order chi connectivity index (χ0) is 15.2. The number of carbonyl (C=O) groups excluding carboxylic acids is 1. The largest absolute Gasteiger partial charge is 0.478 e. The molecule has 0 atom stereocenters. The van der Waals surface area contributed by atoms with Crippen molar-refractivity contribution in [2.45, 2.75) is 6.42 Å². The van der Waals surface area contributed by atoms with Crippen LogP contribution in [0.5, 0.6) is 0 Å². The van der Waals surface area contributed by atoms with E-state index in [0.717, 1.165) is 16.9 Å². The van der Waals surface area contributed by atoms with Gasteiger partial charge in [0.05, 0.1) is 5.56 Å². The molecule has 110 valence electrons. The number of aliphatic hydroxyl groups excluding tert-OH is 1. The van der Waals surface area contributed by atoms with Gasteiger partial charge in [-0.05, 0) is 35.6 Å². The summed E-state index contributed by atoms with van der Waals surface area (Å²) in [6.45, 7) is 0.0730. The van der Waals surface area contributed by atoms with Gasteiger partial charge in [-0.3, -0.25) is 5.32 Å². The van der Waals surface area contributed by atoms with Gasteiger partial charge in [-0.25, -0.2) is 9.59 Å². The first-order valence-corrected chi connectivity index (χ1v) is 7.06. The van der Waals surface area contributed by atoms with Crippen molar-refractivity contribution in [3.8, 4) is 0 Å². The van der Waals surface area contributed by atoms with Crippen molar-refractivity contribution in [2.24, 2.45) is 0 Å². The smallest absolute Gasteiger partial charge is 0.338 e. The highest BCUT2D eigenvalue weighted by molar-refractivity contribution is 7.14. The first kappa shape index (κ1) is 15.0. The van der Waals surface area contributed by atoms with E-state index in [-0.39, 0.29) is 17.2 Å². The molecule has 0 spiro atoms. The maximum Gasteiger partial charge on any atom is 0.338 e. The predicted molar refractivity (Wildman–Crippen MR) is 81.2 cm³/mol. The molecule has 2 amide bonds. The van der Waals surface area contributed by atoms with Crippen LogP contribution in [0.1, 0.15) is 15.9 Å². The average Bonchev–Trinajstić information content (AvgIpc) is 2.89. The van der Waals surface area contributed by atoms with E-state index < -0.39 is 12.0 Å². The third kappa shape index (κ3) is 4.04. The lowest BCUT2D eigenvalue weighted by atomic mass is 10.1. The fourth-order valence-corrected chi connectivity index (χ4v) is 2.50. The Morgan fingerprint density at radius 1 is 1.10 bits per heavy atom. The summed E-state index contributed by atoms with van der Waals surface area (Å²) in [5.41, 5.74) is 1.62. The zero-order valence-electron chi connectivity index (χ0n) is 11.0. The number of hydrogen-bond acceptors (Lipinski definition) is 4. The molecule has 1 heterocycles. The summed E-state index contributed by atoms with van der Waals surface area (Å²) in [6.07, 6.45) is 0.559. The van der Waals surface area contributed by atoms with E-state index >= 15 is 0 Å². The van der Waals surface area contributed by atoms with Gasteiger partial charge in [0.15, 0.2) is 0 Å². The minimum absolute atomic E-state index is 0.0634. The van der Waals surface area contributed by atoms with Crippen LogP contribution in [0.3, 0.4) is 0 Å². The first-order valence-electron chi connectivity index (χ1n) is 6.18. The molecule has 0 aliphatic carbocycles. The number of aliphatic hydroxyl groups is 1. The minimum Gasteiger partial charge on any atom is -0.478 e. The molecule has 6 nitrogen and oxygen atoms in total. The van der Waals surface area contributed by atoms with Gasteiger partial charge in [-0.15, -0.1) is 11.3 Å². The molecule has 0 fully saturated rings. The van der Waals surface area contributed by atoms with Crippen molar-refractivity contribution in [3.63, 3.8) is 0 Å². The average molecular weight is 306 g/mol. The molecule has 0 aliphatic rings. The molecule has 0 bridgehead atoms. The number of urea groups is 1. The molecule has 1 aromatic heterocycles. The maximum atomic E-state index is 11.8. The lowest BCUT2D eigenvalue weighted by molar-refractivity contribution is 0.0698. The summed E-state index contributed by atoms with van der Waals surface area (Å²) >= 11 is 1.15. The highest BCUT2D eigenvalue weighted by Crippen LogP contribution is 2.23. The quantitative estimate of drug-likeness (QED) is 0.682. The first-order chi connectivity index (χ1) is 10.1. The fourth-order valence-electron chi connectivity index (χ4n) is 1.72. The van der Waals surface area contributed by atoms with E-state index in [1.807, 2.05) is 0 Å². The van der Waals surface area contributed by atoms with Crippen LogP contribution in [0.25, 0.3) is 0 Å². The topological polar surface area (TPSA) is 98.7 Å². The molecule has 0 unspecified atom stereocenters. The van der Waals surface area contributed by atoms with Crippen molar-refractivity contribution in [3.05, 3.63) is 46.8 Å². The summed E-state index contributed by atoms with van der Waals surface area (Å²) in [6, 6.07) is 7.98. The number of thiophene rings is 1. The zero-order valence-corrected chi connectivity index (χ0v) is 11.8. The molecular formula is C14H14N2O4S. The Labute approximate surface area is 125 Å². The monoisotopic (exact) mass is 306 g/mol. The summed E-state index contributed by atoms with van der Waals surface area (Å²) in [5.74, 6) is -1.08. The lowest BCUT2D eigenvalue weighted by Gasteiger charge is -2.07. The Balaban J connectivity index is 1.98. The molecule has 2 rings (SSSR count). The lowest BCUT2D eigenvalue weighted by Crippen LogP contribution is -2.20. The van der Waals surface area contributed by atoms with E-state index in [1.165, 1.54) is 6.07 Å². The summed E-state index contributed by atoms with van der Waals surface area (Å²) in [5, 5.41) is 24.8. The molecule has 21 heavy (non-hydrogen) atoms. The van der Waals surface area contributed by atoms with Crippen LogP contribution in [0.4, 0.5) is 15.5 Å². The second-order valence-corrected chi connectivity index (χ2v) is 5.13. The van der Waals surface area contributed by atoms with Gasteiger partial charge >= 0.3 is 12.0 Å². The summed E-state index contributed by atoms with van der Waals surface area (Å²) in [4.78, 5) is 22.8. The highest BCUT2D eigenvalue weighted by atomic mass is 32.1. The number of carbonyl (C=O) groups is 2. The maximum absolute atomic E-state index is 11.8. The van der Waals surface area contributed by atoms with E-state index in [4.69, 9.17) is 10.2 Å². The van der Waals surface area contributed by atoms with Gasteiger partial charge in [0, 0.05) is 12.3 Å². The SMILES string of the molecule is O=C(Nc1ccc(CCO)cc1)Nc1sccc1C(=O)O. The molecule has 0 aliphatic heterocycles. The predicted octanol–water partition coefficient (Wildman–Crippen LogP) is 2.63. The number of benzene rings is 1. The number of aromatic carboxylic acids is 1. The van der Waals surface area contributed by atoms with Crippen LogP contribution >= 0.6 is 11.3 Å². The molecule has 2 aromatic rings. The van der Waals surface area contributed by atoms with E-state index in [2.05, 4.69) is 10.6 Å². The van der Waals surface area contributed by atoms with Gasteiger partial charge in [0.1, 0.15) is 5.00 Å². The van der Waals surface area contributed by atoms with Crippen molar-refractivity contribution < 1.29 is 19.8 Å². The van der Waals surface area contributed by atoms with Gasteiger partial charge < -0.3 is 15.5 Å². The molecule has 7 heteroatoms. The normalized spacial score (nSPS) is 10.1. The second kappa shape index (κ2) is 6.87. The van der Waals surface area contributed by atoms with Crippen molar-refractivity contribution in [2.75, 3.05) is 17.2 Å². The highest BCUT2D eigenvalue weighted by Gasteiger charge is 2.13. The van der Waals surface area contributed by atoms with E-state index in [9.17, 15) is 9.59 Å². The molecule has 0 saturated heterocycles. The van der Waals surface area contributed by atoms with E-state index in [0.29, 0.717) is 12.1 Å².